The highest BCUT2D eigenvalue weighted by Gasteiger charge is 2.32. The molecule has 1 aliphatic heterocycles. The molecule has 0 spiro atoms. The minimum atomic E-state index is -0.803. The van der Waals surface area contributed by atoms with Crippen LogP contribution in [0.2, 0.25) is 0 Å². The number of rotatable bonds is 3. The highest BCUT2D eigenvalue weighted by Crippen LogP contribution is 2.28. The van der Waals surface area contributed by atoms with Crippen molar-refractivity contribution >= 4 is 12.1 Å². The van der Waals surface area contributed by atoms with Crippen molar-refractivity contribution in [3.05, 3.63) is 12.7 Å². The molecule has 5 heteroatoms. The van der Waals surface area contributed by atoms with E-state index in [4.69, 9.17) is 9.84 Å². The maximum absolute atomic E-state index is 12.0. The van der Waals surface area contributed by atoms with Gasteiger partial charge in [-0.3, -0.25) is 4.79 Å². The molecule has 0 aromatic rings. The van der Waals surface area contributed by atoms with Crippen molar-refractivity contribution in [2.45, 2.75) is 39.2 Å². The normalized spacial score (nSPS) is 23.8. The number of hydrogen-bond acceptors (Lipinski definition) is 3. The first-order valence-electron chi connectivity index (χ1n) is 6.55. The molecular weight excluding hydrogens is 246 g/mol. The number of nitrogens with zero attached hydrogens (tertiary/aromatic N) is 1. The molecule has 1 heterocycles. The van der Waals surface area contributed by atoms with Crippen LogP contribution >= 0.6 is 0 Å². The van der Waals surface area contributed by atoms with Crippen molar-refractivity contribution in [3.63, 3.8) is 0 Å². The van der Waals surface area contributed by atoms with Crippen molar-refractivity contribution in [3.8, 4) is 0 Å². The minimum absolute atomic E-state index is 0.0115. The Morgan fingerprint density at radius 2 is 2.11 bits per heavy atom. The number of carboxylic acid groups (broad SMARTS) is 1. The van der Waals surface area contributed by atoms with Gasteiger partial charge in [0.25, 0.3) is 0 Å². The SMILES string of the molecule is C=C[C@H]1CN(C(=O)OC(C)(C)C)CC[C@@H]1CC(=O)O. The zero-order valence-corrected chi connectivity index (χ0v) is 11.9. The lowest BCUT2D eigenvalue weighted by Crippen LogP contribution is -2.45. The Kier molecular flexibility index (Phi) is 4.97. The van der Waals surface area contributed by atoms with E-state index in [9.17, 15) is 9.59 Å². The van der Waals surface area contributed by atoms with E-state index in [0.717, 1.165) is 0 Å². The van der Waals surface area contributed by atoms with E-state index in [0.29, 0.717) is 19.5 Å². The third kappa shape index (κ3) is 4.93. The number of piperidine rings is 1. The molecular formula is C14H23NO4. The van der Waals surface area contributed by atoms with Gasteiger partial charge in [-0.05, 0) is 39.0 Å². The van der Waals surface area contributed by atoms with Crippen LogP contribution in [0.15, 0.2) is 12.7 Å². The second-order valence-electron chi connectivity index (χ2n) is 5.97. The topological polar surface area (TPSA) is 66.8 Å². The molecule has 108 valence electrons. The lowest BCUT2D eigenvalue weighted by Gasteiger charge is -2.37. The quantitative estimate of drug-likeness (QED) is 0.799. The minimum Gasteiger partial charge on any atom is -0.481 e. The summed E-state index contributed by atoms with van der Waals surface area (Å²) in [7, 11) is 0. The number of carbonyl (C=O) groups excluding carboxylic acids is 1. The van der Waals surface area contributed by atoms with Crippen molar-refractivity contribution in [1.82, 2.24) is 4.90 Å². The van der Waals surface area contributed by atoms with Crippen molar-refractivity contribution < 1.29 is 19.4 Å². The highest BCUT2D eigenvalue weighted by molar-refractivity contribution is 5.69. The fourth-order valence-corrected chi connectivity index (χ4v) is 2.27. The fraction of sp³-hybridized carbons (Fsp3) is 0.714. The zero-order valence-electron chi connectivity index (χ0n) is 11.9. The number of carbonyl (C=O) groups is 2. The van der Waals surface area contributed by atoms with E-state index in [1.807, 2.05) is 20.8 Å². The fourth-order valence-electron chi connectivity index (χ4n) is 2.27. The summed E-state index contributed by atoms with van der Waals surface area (Å²) in [6.45, 7) is 10.2. The molecule has 0 unspecified atom stereocenters. The van der Waals surface area contributed by atoms with Crippen molar-refractivity contribution in [2.75, 3.05) is 13.1 Å². The predicted molar refractivity (Wildman–Crippen MR) is 71.9 cm³/mol. The summed E-state index contributed by atoms with van der Waals surface area (Å²) in [5, 5.41) is 8.87. The Hall–Kier alpha value is -1.52. The number of carboxylic acids is 1. The van der Waals surface area contributed by atoms with Gasteiger partial charge in [0, 0.05) is 19.5 Å². The van der Waals surface area contributed by atoms with E-state index in [1.165, 1.54) is 0 Å². The molecule has 5 nitrogen and oxygen atoms in total. The van der Waals surface area contributed by atoms with Gasteiger partial charge in [0.2, 0.25) is 0 Å². The second-order valence-corrected chi connectivity index (χ2v) is 5.97. The van der Waals surface area contributed by atoms with Crippen LogP contribution in [0, 0.1) is 11.8 Å². The van der Waals surface area contributed by atoms with Gasteiger partial charge >= 0.3 is 12.1 Å². The van der Waals surface area contributed by atoms with Crippen molar-refractivity contribution in [2.24, 2.45) is 11.8 Å². The Morgan fingerprint density at radius 3 is 2.58 bits per heavy atom. The van der Waals surface area contributed by atoms with Crippen LogP contribution in [-0.4, -0.2) is 40.8 Å². The summed E-state index contributed by atoms with van der Waals surface area (Å²) in [4.78, 5) is 24.4. The summed E-state index contributed by atoms with van der Waals surface area (Å²) in [6, 6.07) is 0. The van der Waals surface area contributed by atoms with Gasteiger partial charge in [0.15, 0.2) is 0 Å². The number of aliphatic carboxylic acids is 1. The third-order valence-corrected chi connectivity index (χ3v) is 3.20. The van der Waals surface area contributed by atoms with Crippen LogP contribution in [0.3, 0.4) is 0 Å². The van der Waals surface area contributed by atoms with Gasteiger partial charge in [-0.25, -0.2) is 4.79 Å². The predicted octanol–water partition coefficient (Wildman–Crippen LogP) is 2.52. The lowest BCUT2D eigenvalue weighted by atomic mass is 9.83. The number of ether oxygens (including phenoxy) is 1. The summed E-state index contributed by atoms with van der Waals surface area (Å²) in [5.41, 5.74) is -0.515. The smallest absolute Gasteiger partial charge is 0.410 e. The molecule has 1 fully saturated rings. The highest BCUT2D eigenvalue weighted by atomic mass is 16.6. The molecule has 0 aromatic heterocycles. The van der Waals surface area contributed by atoms with E-state index >= 15 is 0 Å². The lowest BCUT2D eigenvalue weighted by molar-refractivity contribution is -0.138. The number of likely N-dealkylation sites (tertiary alicyclic amines) is 1. The Labute approximate surface area is 114 Å². The first kappa shape index (κ1) is 15.5. The molecule has 1 rings (SSSR count). The summed E-state index contributed by atoms with van der Waals surface area (Å²) < 4.78 is 5.32. The first-order valence-corrected chi connectivity index (χ1v) is 6.55. The van der Waals surface area contributed by atoms with E-state index < -0.39 is 11.6 Å². The van der Waals surface area contributed by atoms with Gasteiger partial charge in [-0.15, -0.1) is 6.58 Å². The monoisotopic (exact) mass is 269 g/mol. The molecule has 0 aromatic carbocycles. The Morgan fingerprint density at radius 1 is 1.47 bits per heavy atom. The van der Waals surface area contributed by atoms with Crippen LogP contribution in [0.1, 0.15) is 33.6 Å². The molecule has 2 atom stereocenters. The molecule has 0 radical (unpaired) electrons. The maximum Gasteiger partial charge on any atom is 0.410 e. The molecule has 1 amide bonds. The van der Waals surface area contributed by atoms with Crippen LogP contribution in [-0.2, 0) is 9.53 Å². The molecule has 1 N–H and O–H groups in total. The second kappa shape index (κ2) is 6.08. The zero-order chi connectivity index (χ0) is 14.6. The summed E-state index contributed by atoms with van der Waals surface area (Å²) in [5.74, 6) is -0.742. The summed E-state index contributed by atoms with van der Waals surface area (Å²) >= 11 is 0. The number of amides is 1. The van der Waals surface area contributed by atoms with Gasteiger partial charge < -0.3 is 14.7 Å². The van der Waals surface area contributed by atoms with E-state index in [1.54, 1.807) is 11.0 Å². The molecule has 1 aliphatic rings. The van der Waals surface area contributed by atoms with Crippen molar-refractivity contribution in [1.29, 1.82) is 0 Å². The standard InChI is InChI=1S/C14H23NO4/c1-5-10-9-15(13(18)19-14(2,3)4)7-6-11(10)8-12(16)17/h5,10-11H,1,6-9H2,2-4H3,(H,16,17)/t10-,11+/m0/s1. The van der Waals surface area contributed by atoms with Gasteiger partial charge in [0.05, 0.1) is 0 Å². The Balaban J connectivity index is 2.61. The maximum atomic E-state index is 12.0. The van der Waals surface area contributed by atoms with Gasteiger partial charge in [-0.2, -0.15) is 0 Å². The third-order valence-electron chi connectivity index (χ3n) is 3.20. The molecule has 0 aliphatic carbocycles. The van der Waals surface area contributed by atoms with E-state index in [2.05, 4.69) is 6.58 Å². The van der Waals surface area contributed by atoms with E-state index in [-0.39, 0.29) is 24.3 Å². The van der Waals surface area contributed by atoms with Crippen LogP contribution in [0.5, 0.6) is 0 Å². The summed E-state index contributed by atoms with van der Waals surface area (Å²) in [6.07, 6.45) is 2.19. The molecule has 19 heavy (non-hydrogen) atoms. The Bertz CT molecular complexity index is 359. The molecule has 1 saturated heterocycles. The average molecular weight is 269 g/mol. The van der Waals surface area contributed by atoms with Gasteiger partial charge in [-0.1, -0.05) is 6.08 Å². The van der Waals surface area contributed by atoms with Crippen LogP contribution in [0.4, 0.5) is 4.79 Å². The largest absolute Gasteiger partial charge is 0.481 e. The van der Waals surface area contributed by atoms with Gasteiger partial charge in [0.1, 0.15) is 5.60 Å². The average Bonchev–Trinajstić information content (AvgIpc) is 2.26. The van der Waals surface area contributed by atoms with Crippen LogP contribution < -0.4 is 0 Å². The first-order chi connectivity index (χ1) is 8.73. The van der Waals surface area contributed by atoms with Crippen LogP contribution in [0.25, 0.3) is 0 Å². The molecule has 0 saturated carbocycles. The number of hydrogen-bond donors (Lipinski definition) is 1. The molecule has 0 bridgehead atoms.